The van der Waals surface area contributed by atoms with E-state index in [9.17, 15) is 0 Å². The maximum Gasteiger partial charge on any atom is 0.164 e. The zero-order chi connectivity index (χ0) is 44.6. The molecule has 0 radical (unpaired) electrons. The van der Waals surface area contributed by atoms with Gasteiger partial charge in [-0.15, -0.1) is 0 Å². The van der Waals surface area contributed by atoms with Crippen LogP contribution < -0.4 is 0 Å². The average molecular weight is 855 g/mol. The summed E-state index contributed by atoms with van der Waals surface area (Å²) >= 11 is 0. The first-order valence-electron chi connectivity index (χ1n) is 22.9. The van der Waals surface area contributed by atoms with Crippen LogP contribution in [0.2, 0.25) is 0 Å². The van der Waals surface area contributed by atoms with E-state index in [1.165, 1.54) is 65.3 Å². The largest absolute Gasteiger partial charge is 0.264 e. The van der Waals surface area contributed by atoms with Crippen molar-refractivity contribution in [3.8, 4) is 78.7 Å². The minimum Gasteiger partial charge on any atom is -0.264 e. The molecule has 4 nitrogen and oxygen atoms in total. The summed E-state index contributed by atoms with van der Waals surface area (Å²) in [5.74, 6) is 1.88. The van der Waals surface area contributed by atoms with Crippen LogP contribution in [0.25, 0.3) is 122 Å². The lowest BCUT2D eigenvalue weighted by Crippen LogP contribution is -2.17. The molecule has 0 fully saturated rings. The Kier molecular flexibility index (Phi) is 8.84. The summed E-state index contributed by atoms with van der Waals surface area (Å²) in [7, 11) is 0. The van der Waals surface area contributed by atoms with Gasteiger partial charge < -0.3 is 0 Å². The molecule has 67 heavy (non-hydrogen) atoms. The summed E-state index contributed by atoms with van der Waals surface area (Å²) in [6.07, 6.45) is 3.69. The van der Waals surface area contributed by atoms with Crippen molar-refractivity contribution in [2.75, 3.05) is 0 Å². The highest BCUT2D eigenvalue weighted by Gasteiger charge is 2.38. The molecular weight excluding hydrogens is 813 g/mol. The van der Waals surface area contributed by atoms with Gasteiger partial charge in [-0.1, -0.05) is 159 Å². The first-order chi connectivity index (χ1) is 32.9. The highest BCUT2D eigenvalue weighted by molar-refractivity contribution is 6.02. The van der Waals surface area contributed by atoms with Crippen molar-refractivity contribution in [2.24, 2.45) is 0 Å². The Morgan fingerprint density at radius 1 is 0.299 bits per heavy atom. The lowest BCUT2D eigenvalue weighted by Gasteiger charge is -2.24. The van der Waals surface area contributed by atoms with Gasteiger partial charge in [0.2, 0.25) is 0 Å². The second kappa shape index (κ2) is 15.3. The fourth-order valence-electron chi connectivity index (χ4n) is 10.5. The third kappa shape index (κ3) is 6.68. The van der Waals surface area contributed by atoms with E-state index in [-0.39, 0.29) is 5.41 Å². The molecule has 1 aliphatic rings. The van der Waals surface area contributed by atoms with Gasteiger partial charge in [-0.05, 0) is 159 Å². The number of nitrogens with zero attached hydrogens (tertiary/aromatic N) is 4. The summed E-state index contributed by atoms with van der Waals surface area (Å²) in [6, 6.07) is 74.6. The standard InChI is InChI=1S/C63H42N4/c1-63(2)58-19-8-7-16-55(58)56-17-9-18-57(59(56)63)62-66-60(40-22-20-39(21-23-40)49-15-10-28-64-38-49)65-61(67-62)54-36-52(47-26-24-45-29-41-11-3-5-13-43(41)31-50(45)33-47)35-53(37-54)48-27-25-46-30-42-12-4-6-14-44(42)32-51(46)34-48/h3-38H,1-2H3. The van der Waals surface area contributed by atoms with Crippen molar-refractivity contribution in [1.82, 2.24) is 19.9 Å². The number of benzene rings is 10. The van der Waals surface area contributed by atoms with Crippen molar-refractivity contribution >= 4 is 43.1 Å². The van der Waals surface area contributed by atoms with Crippen LogP contribution in [0.4, 0.5) is 0 Å². The molecule has 13 rings (SSSR count). The van der Waals surface area contributed by atoms with Gasteiger partial charge in [-0.2, -0.15) is 0 Å². The van der Waals surface area contributed by atoms with Gasteiger partial charge in [-0.3, -0.25) is 4.98 Å². The summed E-state index contributed by atoms with van der Waals surface area (Å²) in [4.78, 5) is 20.6. The first kappa shape index (κ1) is 38.8. The molecule has 1 aliphatic carbocycles. The molecule has 10 aromatic carbocycles. The molecule has 0 amide bonds. The van der Waals surface area contributed by atoms with Gasteiger partial charge in [0.1, 0.15) is 0 Å². The minimum atomic E-state index is -0.267. The van der Waals surface area contributed by atoms with E-state index in [2.05, 4.69) is 219 Å². The smallest absolute Gasteiger partial charge is 0.164 e. The molecular formula is C63H42N4. The SMILES string of the molecule is CC1(C)c2ccccc2-c2cccc(-c3nc(-c4ccc(-c5cccnc5)cc4)nc(-c4cc(-c5ccc6cc7ccccc7cc6c5)cc(-c5ccc6cc7ccccc7cc6c5)c4)n3)c21. The normalized spacial score (nSPS) is 12.7. The lowest BCUT2D eigenvalue weighted by molar-refractivity contribution is 0.661. The second-order valence-corrected chi connectivity index (χ2v) is 18.3. The second-order valence-electron chi connectivity index (χ2n) is 18.3. The maximum atomic E-state index is 5.48. The van der Waals surface area contributed by atoms with Crippen molar-refractivity contribution in [3.05, 3.63) is 230 Å². The van der Waals surface area contributed by atoms with E-state index >= 15 is 0 Å². The summed E-state index contributed by atoms with van der Waals surface area (Å²) in [5, 5.41) is 9.74. The van der Waals surface area contributed by atoms with Crippen LogP contribution in [-0.4, -0.2) is 19.9 Å². The van der Waals surface area contributed by atoms with E-state index in [0.717, 1.165) is 50.1 Å². The fraction of sp³-hybridized carbons (Fsp3) is 0.0476. The zero-order valence-electron chi connectivity index (χ0n) is 37.1. The lowest BCUT2D eigenvalue weighted by atomic mass is 9.80. The molecule has 12 aromatic rings. The Morgan fingerprint density at radius 3 is 1.39 bits per heavy atom. The Labute approximate surface area is 389 Å². The maximum absolute atomic E-state index is 5.48. The molecule has 0 spiro atoms. The molecule has 2 aromatic heterocycles. The molecule has 314 valence electrons. The fourth-order valence-corrected chi connectivity index (χ4v) is 10.5. The van der Waals surface area contributed by atoms with Crippen LogP contribution in [0, 0.1) is 0 Å². The highest BCUT2D eigenvalue weighted by Crippen LogP contribution is 2.52. The molecule has 0 unspecified atom stereocenters. The van der Waals surface area contributed by atoms with Crippen LogP contribution in [0.3, 0.4) is 0 Å². The molecule has 2 heterocycles. The van der Waals surface area contributed by atoms with Gasteiger partial charge in [-0.25, -0.2) is 15.0 Å². The number of aromatic nitrogens is 4. The molecule has 0 saturated heterocycles. The molecule has 0 aliphatic heterocycles. The molecule has 0 saturated carbocycles. The number of fused-ring (bicyclic) bond motifs is 7. The number of rotatable bonds is 6. The van der Waals surface area contributed by atoms with E-state index in [1.54, 1.807) is 6.20 Å². The first-order valence-corrected chi connectivity index (χ1v) is 22.9. The van der Waals surface area contributed by atoms with E-state index in [1.807, 2.05) is 12.3 Å². The monoisotopic (exact) mass is 854 g/mol. The zero-order valence-corrected chi connectivity index (χ0v) is 37.1. The number of hydrogen-bond acceptors (Lipinski definition) is 4. The van der Waals surface area contributed by atoms with Gasteiger partial charge in [0, 0.05) is 34.5 Å². The predicted molar refractivity (Wildman–Crippen MR) is 278 cm³/mol. The Bertz CT molecular complexity index is 3810. The van der Waals surface area contributed by atoms with Crippen molar-refractivity contribution in [2.45, 2.75) is 19.3 Å². The Morgan fingerprint density at radius 2 is 0.776 bits per heavy atom. The summed E-state index contributed by atoms with van der Waals surface area (Å²) < 4.78 is 0. The Hall–Kier alpha value is -8.60. The quantitative estimate of drug-likeness (QED) is 0.156. The van der Waals surface area contributed by atoms with Gasteiger partial charge in [0.25, 0.3) is 0 Å². The Balaban J connectivity index is 1.03. The van der Waals surface area contributed by atoms with Crippen LogP contribution in [0.15, 0.2) is 219 Å². The van der Waals surface area contributed by atoms with Crippen molar-refractivity contribution in [3.63, 3.8) is 0 Å². The van der Waals surface area contributed by atoms with Gasteiger partial charge in [0.05, 0.1) is 0 Å². The van der Waals surface area contributed by atoms with E-state index < -0.39 is 0 Å². The number of hydrogen-bond donors (Lipinski definition) is 0. The molecule has 0 atom stereocenters. The third-order valence-electron chi connectivity index (χ3n) is 13.9. The third-order valence-corrected chi connectivity index (χ3v) is 13.9. The summed E-state index contributed by atoms with van der Waals surface area (Å²) in [6.45, 7) is 4.63. The molecule has 4 heteroatoms. The van der Waals surface area contributed by atoms with Crippen LogP contribution in [0.1, 0.15) is 25.0 Å². The van der Waals surface area contributed by atoms with Crippen LogP contribution in [-0.2, 0) is 5.41 Å². The molecule has 0 bridgehead atoms. The average Bonchev–Trinajstić information content (AvgIpc) is 3.62. The minimum absolute atomic E-state index is 0.267. The molecule has 0 N–H and O–H groups in total. The van der Waals surface area contributed by atoms with Gasteiger partial charge >= 0.3 is 0 Å². The van der Waals surface area contributed by atoms with Crippen LogP contribution in [0.5, 0.6) is 0 Å². The van der Waals surface area contributed by atoms with Crippen molar-refractivity contribution in [1.29, 1.82) is 0 Å². The van der Waals surface area contributed by atoms with E-state index in [0.29, 0.717) is 17.5 Å². The van der Waals surface area contributed by atoms with Crippen LogP contribution >= 0.6 is 0 Å². The van der Waals surface area contributed by atoms with Crippen molar-refractivity contribution < 1.29 is 0 Å². The number of pyridine rings is 1. The predicted octanol–water partition coefficient (Wildman–Crippen LogP) is 16.2. The highest BCUT2D eigenvalue weighted by atomic mass is 15.0. The summed E-state index contributed by atoms with van der Waals surface area (Å²) in [5.41, 5.74) is 14.1. The van der Waals surface area contributed by atoms with Gasteiger partial charge in [0.15, 0.2) is 17.5 Å². The topological polar surface area (TPSA) is 51.6 Å². The van der Waals surface area contributed by atoms with E-state index in [4.69, 9.17) is 15.0 Å².